The van der Waals surface area contributed by atoms with E-state index in [0.717, 1.165) is 123 Å². The minimum absolute atomic E-state index is 0.0149. The minimum atomic E-state index is -1.45. The molecule has 4 N–H and O–H groups in total. The molecule has 0 radical (unpaired) electrons. The molecule has 2 atom stereocenters. The third kappa shape index (κ3) is 12.7. The molecule has 2 heterocycles. The Labute approximate surface area is 299 Å². The van der Waals surface area contributed by atoms with Gasteiger partial charge in [0.25, 0.3) is 0 Å². The Morgan fingerprint density at radius 1 is 0.674 bits per heavy atom. The summed E-state index contributed by atoms with van der Waals surface area (Å²) in [5.41, 5.74) is 0.0298. The normalized spacial score (nSPS) is 26.7. The van der Waals surface area contributed by atoms with Crippen LogP contribution in [0, 0.1) is 5.92 Å². The first kappa shape index (κ1) is 42.7. The monoisotopic (exact) mass is 711 g/mol. The number of hydrogen-bond acceptors (Lipinski definition) is 8. The summed E-state index contributed by atoms with van der Waals surface area (Å²) < 4.78 is -1.45. The van der Waals surface area contributed by atoms with Gasteiger partial charge in [0, 0.05) is 37.3 Å². The summed E-state index contributed by atoms with van der Waals surface area (Å²) in [5, 5.41) is 15.7. The summed E-state index contributed by atoms with van der Waals surface area (Å²) in [6.07, 6.45) is 15.3. The van der Waals surface area contributed by atoms with Crippen LogP contribution in [-0.4, -0.2) is 81.0 Å². The van der Waals surface area contributed by atoms with E-state index in [1.54, 1.807) is 0 Å². The van der Waals surface area contributed by atoms with Crippen molar-refractivity contribution < 1.29 is 4.84 Å². The average Bonchev–Trinajstić information content (AvgIpc) is 2.94. The van der Waals surface area contributed by atoms with Crippen LogP contribution in [-0.2, 0) is 4.84 Å². The predicted octanol–water partition coefficient (Wildman–Crippen LogP) is 8.49. The summed E-state index contributed by atoms with van der Waals surface area (Å²) in [6.45, 7) is 25.5. The Kier molecular flexibility index (Phi) is 18.4. The highest BCUT2D eigenvalue weighted by Gasteiger charge is 2.56. The highest BCUT2D eigenvalue weighted by molar-refractivity contribution is 6.48. The van der Waals surface area contributed by atoms with E-state index < -0.39 is 15.7 Å². The molecule has 11 heteroatoms. The maximum atomic E-state index is 7.55. The summed E-state index contributed by atoms with van der Waals surface area (Å²) in [5.74, 6) is -0.218. The summed E-state index contributed by atoms with van der Waals surface area (Å²) in [6, 6.07) is 0. The van der Waals surface area contributed by atoms with E-state index in [2.05, 4.69) is 98.4 Å². The maximum Gasteiger partial charge on any atom is 0.231 e. The van der Waals surface area contributed by atoms with E-state index in [0.29, 0.717) is 5.92 Å². The molecular formula is C35H72Cl3N7O. The number of hydroxylamine groups is 2. The number of alkyl halides is 3. The Bertz CT molecular complexity index is 817. The van der Waals surface area contributed by atoms with Crippen molar-refractivity contribution >= 4 is 34.8 Å². The molecule has 0 amide bonds. The molecule has 2 aliphatic heterocycles. The molecule has 2 unspecified atom stereocenters. The van der Waals surface area contributed by atoms with Crippen LogP contribution in [0.25, 0.3) is 0 Å². The summed E-state index contributed by atoms with van der Waals surface area (Å²) in [7, 11) is 0. The summed E-state index contributed by atoms with van der Waals surface area (Å²) >= 11 is 21.6. The van der Waals surface area contributed by atoms with Gasteiger partial charge >= 0.3 is 0 Å². The third-order valence-corrected chi connectivity index (χ3v) is 10.4. The molecule has 46 heavy (non-hydrogen) atoms. The van der Waals surface area contributed by atoms with E-state index in [1.807, 2.05) is 0 Å². The lowest BCUT2D eigenvalue weighted by Gasteiger charge is -2.58. The number of piperidine rings is 1. The van der Waals surface area contributed by atoms with Crippen molar-refractivity contribution in [1.29, 1.82) is 0 Å². The Morgan fingerprint density at radius 2 is 1.17 bits per heavy atom. The largest absolute Gasteiger partial charge is 0.298 e. The van der Waals surface area contributed by atoms with Crippen LogP contribution in [0.2, 0.25) is 0 Å². The molecule has 2 saturated heterocycles. The zero-order valence-corrected chi connectivity index (χ0v) is 33.4. The standard InChI is InChI=1S/C35H72Cl3N7O/c1-10-15-23-43(24-16-11-2)34(38)40-33(36,37)41-35(42-34,44(25-17-12-3)26-18-13-4)39-22-20-19-21-30-28-31(6,7)45(46-27-14-5)32(8,9)29-30/h30,39-42H,10-29H2,1-9H3. The van der Waals surface area contributed by atoms with Crippen LogP contribution in [0.3, 0.4) is 0 Å². The lowest BCUT2D eigenvalue weighted by molar-refractivity contribution is -0.288. The lowest BCUT2D eigenvalue weighted by atomic mass is 9.73. The molecule has 0 aromatic rings. The van der Waals surface area contributed by atoms with Crippen molar-refractivity contribution in [2.75, 3.05) is 39.3 Å². The van der Waals surface area contributed by atoms with Crippen molar-refractivity contribution in [3.05, 3.63) is 0 Å². The van der Waals surface area contributed by atoms with Crippen LogP contribution < -0.4 is 21.3 Å². The molecule has 2 fully saturated rings. The first-order valence-electron chi connectivity index (χ1n) is 18.8. The van der Waals surface area contributed by atoms with Gasteiger partial charge in [0.15, 0.2) is 5.91 Å². The number of nitrogens with one attached hydrogen (secondary N) is 4. The third-order valence-electron chi connectivity index (χ3n) is 9.56. The molecule has 0 saturated carbocycles. The van der Waals surface area contributed by atoms with E-state index in [1.165, 1.54) is 6.42 Å². The number of rotatable bonds is 23. The zero-order valence-electron chi connectivity index (χ0n) is 31.1. The lowest BCUT2D eigenvalue weighted by Crippen LogP contribution is -2.91. The smallest absolute Gasteiger partial charge is 0.231 e. The van der Waals surface area contributed by atoms with E-state index >= 15 is 0 Å². The quantitative estimate of drug-likeness (QED) is 0.0364. The summed E-state index contributed by atoms with van der Waals surface area (Å²) in [4.78, 5) is 11.0. The van der Waals surface area contributed by atoms with Gasteiger partial charge in [-0.2, -0.15) is 5.06 Å². The van der Waals surface area contributed by atoms with Crippen LogP contribution in [0.5, 0.6) is 0 Å². The topological polar surface area (TPSA) is 67.1 Å². The number of halogens is 3. The van der Waals surface area contributed by atoms with E-state index in [4.69, 9.17) is 39.6 Å². The van der Waals surface area contributed by atoms with Gasteiger partial charge < -0.3 is 0 Å². The van der Waals surface area contributed by atoms with Gasteiger partial charge in [0.2, 0.25) is 9.83 Å². The maximum absolute atomic E-state index is 7.55. The van der Waals surface area contributed by atoms with Gasteiger partial charge in [-0.05, 0) is 91.5 Å². The second-order valence-electron chi connectivity index (χ2n) is 15.1. The van der Waals surface area contributed by atoms with Gasteiger partial charge in [0.1, 0.15) is 0 Å². The highest BCUT2D eigenvalue weighted by Crippen LogP contribution is 2.43. The highest BCUT2D eigenvalue weighted by atomic mass is 35.5. The Morgan fingerprint density at radius 3 is 1.65 bits per heavy atom. The SMILES string of the molecule is CCCCN(CCCC)C1(Cl)NC(Cl)(Cl)NC(NCCCCC2CC(C)(C)N(OCCC)C(C)(C)C2)(N(CCCC)CCCC)N1. The van der Waals surface area contributed by atoms with Gasteiger partial charge in [-0.25, -0.2) is 16.0 Å². The van der Waals surface area contributed by atoms with Crippen molar-refractivity contribution in [1.82, 2.24) is 36.1 Å². The fraction of sp³-hybridized carbons (Fsp3) is 1.00. The number of nitrogens with zero attached hydrogens (tertiary/aromatic N) is 3. The molecule has 0 bridgehead atoms. The second-order valence-corrected chi connectivity index (χ2v) is 17.0. The first-order chi connectivity index (χ1) is 21.6. The van der Waals surface area contributed by atoms with Crippen molar-refractivity contribution in [2.24, 2.45) is 5.92 Å². The molecule has 274 valence electrons. The van der Waals surface area contributed by atoms with Gasteiger partial charge in [0.05, 0.1) is 6.61 Å². The molecule has 0 aromatic carbocycles. The minimum Gasteiger partial charge on any atom is -0.298 e. The molecule has 2 rings (SSSR count). The van der Waals surface area contributed by atoms with Crippen molar-refractivity contribution in [3.63, 3.8) is 0 Å². The van der Waals surface area contributed by atoms with Crippen LogP contribution in [0.4, 0.5) is 0 Å². The fourth-order valence-electron chi connectivity index (χ4n) is 7.58. The zero-order chi connectivity index (χ0) is 34.5. The van der Waals surface area contributed by atoms with E-state index in [-0.39, 0.29) is 11.1 Å². The molecule has 0 spiro atoms. The first-order valence-corrected chi connectivity index (χ1v) is 19.9. The van der Waals surface area contributed by atoms with Crippen LogP contribution in [0.15, 0.2) is 0 Å². The molecular weight excluding hydrogens is 641 g/mol. The fourth-order valence-corrected chi connectivity index (χ4v) is 8.67. The van der Waals surface area contributed by atoms with Crippen LogP contribution >= 0.6 is 34.8 Å². The second kappa shape index (κ2) is 19.8. The van der Waals surface area contributed by atoms with Crippen molar-refractivity contribution in [3.8, 4) is 0 Å². The van der Waals surface area contributed by atoms with Gasteiger partial charge in [-0.1, -0.05) is 108 Å². The Balaban J connectivity index is 2.24. The van der Waals surface area contributed by atoms with Crippen molar-refractivity contribution in [2.45, 2.75) is 179 Å². The molecule has 2 aliphatic rings. The Hall–Kier alpha value is 0.550. The molecule has 0 aromatic heterocycles. The number of unbranched alkanes of at least 4 members (excludes halogenated alkanes) is 5. The van der Waals surface area contributed by atoms with Gasteiger partial charge in [-0.15, -0.1) is 0 Å². The number of hydrogen-bond donors (Lipinski definition) is 4. The van der Waals surface area contributed by atoms with Crippen LogP contribution in [0.1, 0.15) is 152 Å². The predicted molar refractivity (Wildman–Crippen MR) is 199 cm³/mol. The molecule has 8 nitrogen and oxygen atoms in total. The van der Waals surface area contributed by atoms with E-state index in [9.17, 15) is 0 Å². The molecule has 0 aliphatic carbocycles. The average molecular weight is 713 g/mol. The van der Waals surface area contributed by atoms with Gasteiger partial charge in [-0.3, -0.25) is 20.0 Å².